The van der Waals surface area contributed by atoms with Crippen molar-refractivity contribution in [2.75, 3.05) is 87.5 Å². The van der Waals surface area contributed by atoms with Crippen LogP contribution >= 0.6 is 0 Å². The lowest BCUT2D eigenvalue weighted by atomic mass is 9.95. The number of nitrogens with one attached hydrogen (secondary N) is 4. The van der Waals surface area contributed by atoms with Gasteiger partial charge in [-0.1, -0.05) is 42.5 Å². The molecule has 2 amide bonds. The lowest BCUT2D eigenvalue weighted by molar-refractivity contribution is 0.0845. The van der Waals surface area contributed by atoms with E-state index in [-0.39, 0.29) is 36.0 Å². The number of aromatic nitrogens is 2. The molecule has 9 rings (SSSR count). The lowest BCUT2D eigenvalue weighted by Crippen LogP contribution is -2.48. The monoisotopic (exact) mass is 1150 g/mol. The Labute approximate surface area is 499 Å². The van der Waals surface area contributed by atoms with Gasteiger partial charge in [-0.3, -0.25) is 24.1 Å². The summed E-state index contributed by atoms with van der Waals surface area (Å²) >= 11 is 0. The molecule has 3 fully saturated rings. The molecule has 0 spiro atoms. The maximum absolute atomic E-state index is 13.8. The highest BCUT2D eigenvalue weighted by Gasteiger charge is 2.28. The van der Waals surface area contributed by atoms with Crippen molar-refractivity contribution in [3.8, 4) is 22.3 Å². The molecule has 6 aromatic rings. The number of pyridine rings is 2. The van der Waals surface area contributed by atoms with Crippen molar-refractivity contribution in [3.63, 3.8) is 0 Å². The number of aromatic amines is 2. The first-order chi connectivity index (χ1) is 40.3. The van der Waals surface area contributed by atoms with E-state index in [1.807, 2.05) is 97.9 Å². The average molecular weight is 1150 g/mol. The largest absolute Gasteiger partial charge is 0.382 e. The number of nitrogens with zero attached hydrogens (tertiary/aromatic N) is 4. The zero-order valence-corrected chi connectivity index (χ0v) is 52.4. The van der Waals surface area contributed by atoms with Crippen molar-refractivity contribution < 1.29 is 23.8 Å². The van der Waals surface area contributed by atoms with Crippen LogP contribution in [0.1, 0.15) is 133 Å². The first-order valence-corrected chi connectivity index (χ1v) is 30.4. The molecule has 5 heterocycles. The molecule has 84 heavy (non-hydrogen) atoms. The predicted molar refractivity (Wildman–Crippen MR) is 343 cm³/mol. The fourth-order valence-corrected chi connectivity index (χ4v) is 11.8. The van der Waals surface area contributed by atoms with Gasteiger partial charge in [0.25, 0.3) is 22.9 Å². The second-order valence-corrected chi connectivity index (χ2v) is 23.2. The van der Waals surface area contributed by atoms with Gasteiger partial charge >= 0.3 is 0 Å². The minimum absolute atomic E-state index is 0.156. The third-order valence-electron chi connectivity index (χ3n) is 16.8. The van der Waals surface area contributed by atoms with E-state index in [4.69, 9.17) is 14.2 Å². The minimum Gasteiger partial charge on any atom is -0.382 e. The SMILES string of the molecule is CCN(c1cc(-c2ccc(N3CCN(C(C)C)CC3)cc2)cc(C(=O)NCc2c(C)cc(C)[nH]c2=O)c1C)C1CCOCC1.CCN(c1cc(-c2ccccc2)cc(C(=O)NCc2c(C)cc(C)[nH]c2=O)c1C)C1CCOCC1.COC(C)C. The van der Waals surface area contributed by atoms with E-state index in [0.29, 0.717) is 46.5 Å². The van der Waals surface area contributed by atoms with Crippen LogP contribution in [0.5, 0.6) is 0 Å². The number of H-pyrrole nitrogens is 2. The molecule has 4 N–H and O–H groups in total. The number of anilines is 3. The van der Waals surface area contributed by atoms with Gasteiger partial charge in [-0.15, -0.1) is 0 Å². The molecule has 452 valence electrons. The first-order valence-electron chi connectivity index (χ1n) is 30.4. The first kappa shape index (κ1) is 64.5. The Bertz CT molecular complexity index is 3240. The lowest BCUT2D eigenvalue weighted by Gasteiger charge is -2.38. The quantitative estimate of drug-likeness (QED) is 0.0687. The Kier molecular flexibility index (Phi) is 23.6. The molecule has 2 aromatic heterocycles. The molecule has 0 radical (unpaired) electrons. The zero-order valence-electron chi connectivity index (χ0n) is 52.4. The van der Waals surface area contributed by atoms with Crippen molar-refractivity contribution in [3.05, 3.63) is 168 Å². The van der Waals surface area contributed by atoms with Crippen LogP contribution in [0.3, 0.4) is 0 Å². The van der Waals surface area contributed by atoms with Crippen molar-refractivity contribution >= 4 is 28.9 Å². The highest BCUT2D eigenvalue weighted by Crippen LogP contribution is 2.36. The number of rotatable bonds is 17. The summed E-state index contributed by atoms with van der Waals surface area (Å²) in [5.74, 6) is -0.350. The summed E-state index contributed by atoms with van der Waals surface area (Å²) in [6.07, 6.45) is 4.26. The van der Waals surface area contributed by atoms with Crippen LogP contribution in [0.15, 0.2) is 101 Å². The predicted octanol–water partition coefficient (Wildman–Crippen LogP) is 11.4. The number of hydrogen-bond donors (Lipinski definition) is 4. The summed E-state index contributed by atoms with van der Waals surface area (Å²) in [6, 6.07) is 32.5. The van der Waals surface area contributed by atoms with Crippen LogP contribution in [0, 0.1) is 41.5 Å². The highest BCUT2D eigenvalue weighted by atomic mass is 16.5. The number of ether oxygens (including phenoxy) is 3. The van der Waals surface area contributed by atoms with Gasteiger partial charge in [0.05, 0.1) is 6.10 Å². The van der Waals surface area contributed by atoms with E-state index >= 15 is 0 Å². The molecule has 15 nitrogen and oxygen atoms in total. The molecule has 3 saturated heterocycles. The van der Waals surface area contributed by atoms with Crippen molar-refractivity contribution in [2.24, 2.45) is 0 Å². The number of aryl methyl sites for hydroxylation is 4. The fraction of sp³-hybridized carbons (Fsp3) is 0.478. The average Bonchev–Trinajstić information content (AvgIpc) is 2.53. The zero-order chi connectivity index (χ0) is 60.6. The van der Waals surface area contributed by atoms with E-state index in [0.717, 1.165) is 159 Å². The summed E-state index contributed by atoms with van der Waals surface area (Å²) in [5.41, 5.74) is 15.0. The molecule has 0 unspecified atom stereocenters. The van der Waals surface area contributed by atoms with Crippen LogP contribution in [0.4, 0.5) is 17.1 Å². The molecule has 15 heteroatoms. The molecular weight excluding hydrogens is 1050 g/mol. The van der Waals surface area contributed by atoms with E-state index in [1.165, 1.54) is 5.69 Å². The standard InChI is InChI=1S/C36H49N5O3.C29H35N3O3.C4H10O/c1-7-41(31-12-18-44-19-13-31)34-22-29(28-8-10-30(11-9-28)40-16-14-39(15-17-40)24(2)3)21-32(27(34)6)35(42)37-23-33-25(4)20-26(5)38-36(33)43;1-5-32(24-11-13-35-14-12-24)27-17-23(22-9-7-6-8-10-22)16-25(21(27)4)28(33)30-18-26-19(2)15-20(3)31-29(26)34;1-4(2)5-3/h8-11,20-22,24,31H,7,12-19,23H2,1-6H3,(H,37,42)(H,38,43);6-10,15-17,24H,5,11-14,18H2,1-4H3,(H,30,33)(H,31,34);4H,1-3H3. The number of piperazine rings is 1. The summed E-state index contributed by atoms with van der Waals surface area (Å²) < 4.78 is 16.0. The third kappa shape index (κ3) is 16.6. The Morgan fingerprint density at radius 2 is 0.988 bits per heavy atom. The molecule has 4 aromatic carbocycles. The van der Waals surface area contributed by atoms with Crippen LogP contribution in [0.25, 0.3) is 22.3 Å². The van der Waals surface area contributed by atoms with Crippen LogP contribution in [-0.2, 0) is 27.3 Å². The molecule has 0 atom stereocenters. The summed E-state index contributed by atoms with van der Waals surface area (Å²) in [6.45, 7) is 33.7. The number of benzene rings is 4. The smallest absolute Gasteiger partial charge is 0.253 e. The molecular formula is C69H94N8O7. The summed E-state index contributed by atoms with van der Waals surface area (Å²) in [4.78, 5) is 67.9. The van der Waals surface area contributed by atoms with Gasteiger partial charge in [0.2, 0.25) is 0 Å². The Morgan fingerprint density at radius 3 is 1.36 bits per heavy atom. The van der Waals surface area contributed by atoms with Gasteiger partial charge < -0.3 is 49.5 Å². The van der Waals surface area contributed by atoms with Gasteiger partial charge in [0.15, 0.2) is 0 Å². The molecule has 0 aliphatic carbocycles. The topological polar surface area (TPSA) is 165 Å². The van der Waals surface area contributed by atoms with Gasteiger partial charge in [-0.25, -0.2) is 0 Å². The Hall–Kier alpha value is -7.04. The Morgan fingerprint density at radius 1 is 0.583 bits per heavy atom. The van der Waals surface area contributed by atoms with E-state index in [1.54, 1.807) is 7.11 Å². The molecule has 0 bridgehead atoms. The normalized spacial score (nSPS) is 15.0. The van der Waals surface area contributed by atoms with Gasteiger partial charge in [-0.05, 0) is 202 Å². The number of carbonyl (C=O) groups excluding carboxylic acids is 2. The van der Waals surface area contributed by atoms with Gasteiger partial charge in [0.1, 0.15) is 0 Å². The van der Waals surface area contributed by atoms with E-state index < -0.39 is 0 Å². The van der Waals surface area contributed by atoms with Gasteiger partial charge in [0, 0.05) is 155 Å². The Balaban J connectivity index is 0.000000228. The molecule has 0 saturated carbocycles. The maximum Gasteiger partial charge on any atom is 0.253 e. The second kappa shape index (κ2) is 30.7. The van der Waals surface area contributed by atoms with Crippen molar-refractivity contribution in [2.45, 2.75) is 146 Å². The summed E-state index contributed by atoms with van der Waals surface area (Å²) in [7, 11) is 1.70. The number of hydrogen-bond acceptors (Lipinski definition) is 11. The van der Waals surface area contributed by atoms with E-state index in [2.05, 4.69) is 116 Å². The number of amides is 2. The second-order valence-electron chi connectivity index (χ2n) is 23.2. The van der Waals surface area contributed by atoms with Crippen LogP contribution in [0.2, 0.25) is 0 Å². The number of methoxy groups -OCH3 is 1. The maximum atomic E-state index is 13.8. The highest BCUT2D eigenvalue weighted by molar-refractivity contribution is 6.00. The minimum atomic E-state index is -0.177. The van der Waals surface area contributed by atoms with Gasteiger partial charge in [-0.2, -0.15) is 0 Å². The third-order valence-corrected chi connectivity index (χ3v) is 16.8. The summed E-state index contributed by atoms with van der Waals surface area (Å²) in [5, 5.41) is 6.06. The van der Waals surface area contributed by atoms with Crippen LogP contribution in [-0.4, -0.2) is 124 Å². The molecule has 3 aliphatic rings. The fourth-order valence-electron chi connectivity index (χ4n) is 11.8. The number of carbonyl (C=O) groups is 2. The van der Waals surface area contributed by atoms with E-state index in [9.17, 15) is 19.2 Å². The van der Waals surface area contributed by atoms with Crippen molar-refractivity contribution in [1.29, 1.82) is 0 Å². The molecule has 3 aliphatic heterocycles. The van der Waals surface area contributed by atoms with Crippen molar-refractivity contribution in [1.82, 2.24) is 25.5 Å². The van der Waals surface area contributed by atoms with Crippen LogP contribution < -0.4 is 36.5 Å².